The second-order valence-electron chi connectivity index (χ2n) is 5.95. The molecule has 25 heavy (non-hydrogen) atoms. The van der Waals surface area contributed by atoms with Gasteiger partial charge in [-0.15, -0.1) is 0 Å². The molecule has 0 N–H and O–H groups in total. The molecule has 0 radical (unpaired) electrons. The van der Waals surface area contributed by atoms with Crippen molar-refractivity contribution in [3.63, 3.8) is 0 Å². The number of esters is 2. The van der Waals surface area contributed by atoms with Gasteiger partial charge in [0, 0.05) is 13.3 Å². The zero-order valence-corrected chi connectivity index (χ0v) is 15.9. The van der Waals surface area contributed by atoms with Crippen molar-refractivity contribution in [3.8, 4) is 0 Å². The third-order valence-corrected chi connectivity index (χ3v) is 3.47. The molecule has 0 amide bonds. The third kappa shape index (κ3) is 20.1. The molecule has 3 heteroatoms. The van der Waals surface area contributed by atoms with E-state index in [1.54, 1.807) is 0 Å². The van der Waals surface area contributed by atoms with Crippen LogP contribution in [0.3, 0.4) is 0 Å². The Bertz CT molecular complexity index is 456. The van der Waals surface area contributed by atoms with E-state index in [1.807, 2.05) is 0 Å². The van der Waals surface area contributed by atoms with Crippen LogP contribution in [-0.2, 0) is 14.3 Å². The molecule has 0 rings (SSSR count). The molecule has 0 unspecified atom stereocenters. The van der Waals surface area contributed by atoms with Gasteiger partial charge in [-0.2, -0.15) is 0 Å². The molecule has 0 aromatic rings. The summed E-state index contributed by atoms with van der Waals surface area (Å²) in [6.07, 6.45) is 27.2. The zero-order valence-electron chi connectivity index (χ0n) is 15.9. The lowest BCUT2D eigenvalue weighted by molar-refractivity contribution is -0.158. The summed E-state index contributed by atoms with van der Waals surface area (Å²) in [7, 11) is 0. The van der Waals surface area contributed by atoms with Gasteiger partial charge in [-0.1, -0.05) is 68.4 Å². The molecule has 0 aromatic heterocycles. The van der Waals surface area contributed by atoms with Crippen molar-refractivity contribution in [2.75, 3.05) is 0 Å². The van der Waals surface area contributed by atoms with Gasteiger partial charge in [0.15, 0.2) is 0 Å². The average molecular weight is 347 g/mol. The minimum atomic E-state index is -0.539. The fraction of sp³-hybridized carbons (Fsp3) is 0.545. The molecule has 0 bridgehead atoms. The van der Waals surface area contributed by atoms with Crippen LogP contribution in [0.5, 0.6) is 0 Å². The van der Waals surface area contributed by atoms with Gasteiger partial charge in [-0.3, -0.25) is 9.59 Å². The van der Waals surface area contributed by atoms with E-state index < -0.39 is 11.9 Å². The number of unbranched alkanes of at least 4 members (excludes halogenated alkanes) is 4. The summed E-state index contributed by atoms with van der Waals surface area (Å²) in [5.74, 6) is -0.980. The highest BCUT2D eigenvalue weighted by Crippen LogP contribution is 2.02. The van der Waals surface area contributed by atoms with Crippen LogP contribution in [0.4, 0.5) is 0 Å². The van der Waals surface area contributed by atoms with Crippen molar-refractivity contribution in [1.82, 2.24) is 0 Å². The van der Waals surface area contributed by atoms with Gasteiger partial charge in [0.2, 0.25) is 0 Å². The summed E-state index contributed by atoms with van der Waals surface area (Å²) in [6.45, 7) is 3.47. The molecule has 0 aromatic carbocycles. The monoisotopic (exact) mass is 346 g/mol. The molecule has 0 aliphatic carbocycles. The zero-order chi connectivity index (χ0) is 18.6. The number of carbonyl (C=O) groups excluding carboxylic acids is 2. The van der Waals surface area contributed by atoms with Crippen LogP contribution in [0.1, 0.15) is 78.1 Å². The van der Waals surface area contributed by atoms with Gasteiger partial charge in [-0.25, -0.2) is 0 Å². The standard InChI is InChI=1S/C22H34O3/c1-3-4-5-6-7-8-9-10-11-12-13-14-15-16-17-18-19-20-22(24)25-21(2)23/h7-8,10-11,13-14,16-17H,3-6,9,12,15,18-20H2,1-2H3. The van der Waals surface area contributed by atoms with Crippen LogP contribution in [0, 0.1) is 0 Å². The smallest absolute Gasteiger partial charge is 0.313 e. The maximum Gasteiger partial charge on any atom is 0.313 e. The van der Waals surface area contributed by atoms with Crippen LogP contribution in [-0.4, -0.2) is 11.9 Å². The Morgan fingerprint density at radius 1 is 0.720 bits per heavy atom. The summed E-state index contributed by atoms with van der Waals surface area (Å²) in [5, 5.41) is 0. The number of hydrogen-bond acceptors (Lipinski definition) is 3. The summed E-state index contributed by atoms with van der Waals surface area (Å²) < 4.78 is 4.46. The Morgan fingerprint density at radius 3 is 1.68 bits per heavy atom. The first-order valence-corrected chi connectivity index (χ1v) is 9.48. The van der Waals surface area contributed by atoms with Crippen LogP contribution >= 0.6 is 0 Å². The van der Waals surface area contributed by atoms with Gasteiger partial charge in [-0.05, 0) is 44.9 Å². The minimum absolute atomic E-state index is 0.289. The van der Waals surface area contributed by atoms with Gasteiger partial charge in [0.1, 0.15) is 0 Å². The second-order valence-corrected chi connectivity index (χ2v) is 5.95. The molecule has 0 atom stereocenters. The van der Waals surface area contributed by atoms with Crippen LogP contribution in [0.25, 0.3) is 0 Å². The first-order valence-electron chi connectivity index (χ1n) is 9.48. The molecular weight excluding hydrogens is 312 g/mol. The Balaban J connectivity index is 3.49. The van der Waals surface area contributed by atoms with Gasteiger partial charge < -0.3 is 4.74 Å². The predicted molar refractivity (Wildman–Crippen MR) is 105 cm³/mol. The Morgan fingerprint density at radius 2 is 1.20 bits per heavy atom. The van der Waals surface area contributed by atoms with E-state index in [2.05, 4.69) is 60.3 Å². The fourth-order valence-electron chi connectivity index (χ4n) is 2.14. The molecule has 0 spiro atoms. The molecule has 0 aliphatic heterocycles. The van der Waals surface area contributed by atoms with E-state index in [4.69, 9.17) is 0 Å². The summed E-state index contributed by atoms with van der Waals surface area (Å²) in [5.41, 5.74) is 0. The van der Waals surface area contributed by atoms with Crippen molar-refractivity contribution >= 4 is 11.9 Å². The lowest BCUT2D eigenvalue weighted by Crippen LogP contribution is -2.08. The Hall–Kier alpha value is -1.90. The quantitative estimate of drug-likeness (QED) is 0.162. The second kappa shape index (κ2) is 18.4. The number of carbonyl (C=O) groups is 2. The maximum atomic E-state index is 11.1. The topological polar surface area (TPSA) is 43.4 Å². The van der Waals surface area contributed by atoms with E-state index >= 15 is 0 Å². The van der Waals surface area contributed by atoms with Gasteiger partial charge >= 0.3 is 11.9 Å². The van der Waals surface area contributed by atoms with Crippen molar-refractivity contribution in [2.24, 2.45) is 0 Å². The summed E-state index contributed by atoms with van der Waals surface area (Å²) in [4.78, 5) is 21.7. The van der Waals surface area contributed by atoms with Gasteiger partial charge in [0.05, 0.1) is 0 Å². The number of rotatable bonds is 14. The first kappa shape index (κ1) is 23.1. The van der Waals surface area contributed by atoms with E-state index in [9.17, 15) is 9.59 Å². The molecule has 3 nitrogen and oxygen atoms in total. The minimum Gasteiger partial charge on any atom is -0.393 e. The number of ether oxygens (including phenoxy) is 1. The summed E-state index contributed by atoms with van der Waals surface area (Å²) >= 11 is 0. The molecule has 0 aliphatic rings. The molecule has 0 saturated carbocycles. The SMILES string of the molecule is CCCCCC=CCC=CCC=CCC=CCCCC(=O)OC(C)=O. The Labute approximate surface area is 153 Å². The highest BCUT2D eigenvalue weighted by atomic mass is 16.6. The molecule has 0 saturated heterocycles. The number of hydrogen-bond donors (Lipinski definition) is 0. The maximum absolute atomic E-state index is 11.1. The van der Waals surface area contributed by atoms with Gasteiger partial charge in [0.25, 0.3) is 0 Å². The van der Waals surface area contributed by atoms with Crippen LogP contribution < -0.4 is 0 Å². The lowest BCUT2D eigenvalue weighted by Gasteiger charge is -1.97. The summed E-state index contributed by atoms with van der Waals surface area (Å²) in [6, 6.07) is 0. The number of allylic oxidation sites excluding steroid dienone is 8. The van der Waals surface area contributed by atoms with E-state index in [1.165, 1.54) is 32.6 Å². The largest absolute Gasteiger partial charge is 0.393 e. The van der Waals surface area contributed by atoms with Crippen molar-refractivity contribution in [1.29, 1.82) is 0 Å². The van der Waals surface area contributed by atoms with E-state index in [0.29, 0.717) is 6.42 Å². The molecule has 0 heterocycles. The molecular formula is C22H34O3. The highest BCUT2D eigenvalue weighted by molar-refractivity contribution is 5.83. The van der Waals surface area contributed by atoms with E-state index in [0.717, 1.165) is 25.7 Å². The van der Waals surface area contributed by atoms with Crippen molar-refractivity contribution in [3.05, 3.63) is 48.6 Å². The fourth-order valence-corrected chi connectivity index (χ4v) is 2.14. The van der Waals surface area contributed by atoms with Crippen LogP contribution in [0.15, 0.2) is 48.6 Å². The highest BCUT2D eigenvalue weighted by Gasteiger charge is 2.03. The molecule has 0 fully saturated rings. The normalized spacial score (nSPS) is 12.1. The van der Waals surface area contributed by atoms with E-state index in [-0.39, 0.29) is 6.42 Å². The van der Waals surface area contributed by atoms with Crippen molar-refractivity contribution in [2.45, 2.75) is 78.1 Å². The predicted octanol–water partition coefficient (Wildman–Crippen LogP) is 6.22. The first-order chi connectivity index (χ1) is 12.2. The van der Waals surface area contributed by atoms with Crippen LogP contribution in [0.2, 0.25) is 0 Å². The van der Waals surface area contributed by atoms with Crippen molar-refractivity contribution < 1.29 is 14.3 Å². The average Bonchev–Trinajstić information content (AvgIpc) is 2.57. The molecule has 140 valence electrons. The lowest BCUT2D eigenvalue weighted by atomic mass is 10.2. The Kier molecular flexibility index (Phi) is 17.0. The third-order valence-electron chi connectivity index (χ3n) is 3.47.